The molecule has 0 radical (unpaired) electrons. The van der Waals surface area contributed by atoms with Crippen molar-refractivity contribution in [2.75, 3.05) is 26.2 Å². The van der Waals surface area contributed by atoms with Gasteiger partial charge in [-0.15, -0.1) is 0 Å². The molecular weight excluding hydrogens is 495 g/mol. The third kappa shape index (κ3) is 8.51. The summed E-state index contributed by atoms with van der Waals surface area (Å²) in [4.78, 5) is 12.5. The summed E-state index contributed by atoms with van der Waals surface area (Å²) in [6.07, 6.45) is 4.51. The van der Waals surface area contributed by atoms with Crippen LogP contribution in [0.3, 0.4) is 0 Å². The molecule has 0 saturated carbocycles. The molecular formula is C32H38FN2O4+. The van der Waals surface area contributed by atoms with E-state index < -0.39 is 5.82 Å². The van der Waals surface area contributed by atoms with E-state index in [2.05, 4.69) is 17.0 Å². The van der Waals surface area contributed by atoms with Gasteiger partial charge in [0.15, 0.2) is 0 Å². The van der Waals surface area contributed by atoms with Gasteiger partial charge in [-0.1, -0.05) is 49.9 Å². The fourth-order valence-corrected chi connectivity index (χ4v) is 4.65. The Morgan fingerprint density at radius 1 is 1.05 bits per heavy atom. The lowest BCUT2D eigenvalue weighted by atomic mass is 9.93. The van der Waals surface area contributed by atoms with Crippen LogP contribution >= 0.6 is 0 Å². The van der Waals surface area contributed by atoms with Crippen LogP contribution in [0.2, 0.25) is 0 Å². The molecule has 1 fully saturated rings. The standard InChI is InChI=1S/C32H38FN2O4/c1-32(2,3)31-22-27(34-39-31)21-28(36)20-25-10-8-24(9-11-25)12-13-26-14-15-29(23-30(26)33)38-19-7-18-35(37)16-5-4-6-17-35/h8-11,14-15,22-23,37H,4-7,16-21H2,1-3H3/q+1. The van der Waals surface area contributed by atoms with E-state index in [0.717, 1.165) is 42.8 Å². The number of likely N-dealkylation sites (tertiary alicyclic amines) is 1. The van der Waals surface area contributed by atoms with E-state index in [9.17, 15) is 14.4 Å². The lowest BCUT2D eigenvalue weighted by Crippen LogP contribution is -2.49. The van der Waals surface area contributed by atoms with Crippen molar-refractivity contribution in [3.8, 4) is 17.6 Å². The van der Waals surface area contributed by atoms with Crippen molar-refractivity contribution in [1.82, 2.24) is 5.16 Å². The van der Waals surface area contributed by atoms with Gasteiger partial charge in [0.1, 0.15) is 42.7 Å². The number of quaternary nitrogens is 1. The first-order valence-electron chi connectivity index (χ1n) is 13.7. The average molecular weight is 534 g/mol. The highest BCUT2D eigenvalue weighted by atomic mass is 19.1. The Morgan fingerprint density at radius 2 is 1.79 bits per heavy atom. The van der Waals surface area contributed by atoms with E-state index in [1.54, 1.807) is 12.1 Å². The molecule has 6 nitrogen and oxygen atoms in total. The molecule has 1 aromatic heterocycles. The number of hydrogen-bond donors (Lipinski definition) is 1. The number of carbonyl (C=O) groups excluding carboxylic acids is 1. The van der Waals surface area contributed by atoms with Crippen molar-refractivity contribution in [1.29, 1.82) is 0 Å². The van der Waals surface area contributed by atoms with E-state index >= 15 is 0 Å². The minimum Gasteiger partial charge on any atom is -0.493 e. The molecule has 0 spiro atoms. The molecule has 3 aromatic rings. The number of hydroxylamine groups is 3. The maximum atomic E-state index is 14.6. The third-order valence-corrected chi connectivity index (χ3v) is 6.95. The second-order valence-corrected chi connectivity index (χ2v) is 11.4. The molecule has 1 aliphatic heterocycles. The van der Waals surface area contributed by atoms with E-state index in [4.69, 9.17) is 9.26 Å². The predicted octanol–water partition coefficient (Wildman–Crippen LogP) is 6.02. The van der Waals surface area contributed by atoms with Crippen LogP contribution in [0.4, 0.5) is 4.39 Å². The summed E-state index contributed by atoms with van der Waals surface area (Å²) in [5, 5.41) is 14.5. The van der Waals surface area contributed by atoms with Gasteiger partial charge in [0.25, 0.3) is 0 Å². The lowest BCUT2D eigenvalue weighted by Gasteiger charge is -2.33. The van der Waals surface area contributed by atoms with Crippen molar-refractivity contribution in [2.24, 2.45) is 0 Å². The van der Waals surface area contributed by atoms with Gasteiger partial charge in [0, 0.05) is 36.0 Å². The Bertz CT molecular complexity index is 1320. The molecule has 2 aromatic carbocycles. The molecule has 0 amide bonds. The van der Waals surface area contributed by atoms with Gasteiger partial charge in [-0.25, -0.2) is 9.60 Å². The van der Waals surface area contributed by atoms with Crippen LogP contribution in [0, 0.1) is 17.7 Å². The van der Waals surface area contributed by atoms with E-state index in [-0.39, 0.29) is 27.8 Å². The Balaban J connectivity index is 1.25. The molecule has 39 heavy (non-hydrogen) atoms. The van der Waals surface area contributed by atoms with Crippen molar-refractivity contribution < 1.29 is 28.3 Å². The number of ketones is 1. The Kier molecular flexibility index (Phi) is 9.21. The Morgan fingerprint density at radius 3 is 2.46 bits per heavy atom. The zero-order valence-electron chi connectivity index (χ0n) is 23.1. The molecule has 206 valence electrons. The highest BCUT2D eigenvalue weighted by Crippen LogP contribution is 2.23. The number of hydrogen-bond acceptors (Lipinski definition) is 5. The maximum Gasteiger partial charge on any atom is 0.143 e. The van der Waals surface area contributed by atoms with Crippen LogP contribution in [0.1, 0.15) is 74.6 Å². The molecule has 4 rings (SSSR count). The molecule has 0 bridgehead atoms. The Hall–Kier alpha value is -3.47. The van der Waals surface area contributed by atoms with Crippen molar-refractivity contribution in [3.05, 3.63) is 82.5 Å². The third-order valence-electron chi connectivity index (χ3n) is 6.95. The second-order valence-electron chi connectivity index (χ2n) is 11.4. The number of Topliss-reactive ketones (excluding diaryl/α,β-unsaturated/α-hetero) is 1. The summed E-state index contributed by atoms with van der Waals surface area (Å²) in [5.41, 5.74) is 2.39. The second kappa shape index (κ2) is 12.6. The fraction of sp³-hybridized carbons (Fsp3) is 0.438. The smallest absolute Gasteiger partial charge is 0.143 e. The van der Waals surface area contributed by atoms with Gasteiger partial charge >= 0.3 is 0 Å². The summed E-state index contributed by atoms with van der Waals surface area (Å²) in [7, 11) is 0. The monoisotopic (exact) mass is 533 g/mol. The minimum absolute atomic E-state index is 0.0518. The summed E-state index contributed by atoms with van der Waals surface area (Å²) >= 11 is 0. The van der Waals surface area contributed by atoms with E-state index in [0.29, 0.717) is 37.4 Å². The van der Waals surface area contributed by atoms with Crippen LogP contribution < -0.4 is 4.74 Å². The topological polar surface area (TPSA) is 72.6 Å². The maximum absolute atomic E-state index is 14.6. The molecule has 2 heterocycles. The number of ether oxygens (including phenoxy) is 1. The largest absolute Gasteiger partial charge is 0.493 e. The SMILES string of the molecule is CC(C)(C)c1cc(CC(=O)Cc2ccc(C#Cc3ccc(OCCC[N+]4(O)CCCCC4)cc3F)cc2)no1. The van der Waals surface area contributed by atoms with Gasteiger partial charge in [0.05, 0.1) is 24.3 Å². The molecule has 0 unspecified atom stereocenters. The van der Waals surface area contributed by atoms with Crippen LogP contribution in [-0.2, 0) is 23.1 Å². The van der Waals surface area contributed by atoms with Crippen molar-refractivity contribution in [3.63, 3.8) is 0 Å². The molecule has 1 N–H and O–H groups in total. The van der Waals surface area contributed by atoms with Gasteiger partial charge in [0.2, 0.25) is 0 Å². The van der Waals surface area contributed by atoms with Crippen molar-refractivity contribution in [2.45, 2.75) is 64.7 Å². The predicted molar refractivity (Wildman–Crippen MR) is 147 cm³/mol. The quantitative estimate of drug-likeness (QED) is 0.207. The zero-order valence-corrected chi connectivity index (χ0v) is 23.1. The summed E-state index contributed by atoms with van der Waals surface area (Å²) < 4.78 is 25.8. The van der Waals surface area contributed by atoms with Gasteiger partial charge < -0.3 is 9.26 Å². The van der Waals surface area contributed by atoms with Gasteiger partial charge in [-0.05, 0) is 49.1 Å². The van der Waals surface area contributed by atoms with E-state index in [1.165, 1.54) is 12.5 Å². The minimum atomic E-state index is -0.439. The molecule has 0 aliphatic carbocycles. The van der Waals surface area contributed by atoms with Crippen LogP contribution in [-0.4, -0.2) is 47.0 Å². The van der Waals surface area contributed by atoms with Gasteiger partial charge in [-0.3, -0.25) is 4.79 Å². The molecule has 0 atom stereocenters. The van der Waals surface area contributed by atoms with Crippen LogP contribution in [0.15, 0.2) is 53.1 Å². The number of halogens is 1. The number of aromatic nitrogens is 1. The summed E-state index contributed by atoms with van der Waals surface area (Å²) in [6.45, 7) is 8.78. The fourth-order valence-electron chi connectivity index (χ4n) is 4.65. The first kappa shape index (κ1) is 28.5. The number of rotatable bonds is 9. The zero-order chi connectivity index (χ0) is 27.9. The lowest BCUT2D eigenvalue weighted by molar-refractivity contribution is -1.10. The number of piperidine rings is 1. The van der Waals surface area contributed by atoms with Gasteiger partial charge in [-0.2, -0.15) is 4.65 Å². The summed E-state index contributed by atoms with van der Waals surface area (Å²) in [5.74, 6) is 6.69. The molecule has 1 aliphatic rings. The van der Waals surface area contributed by atoms with Crippen LogP contribution in [0.5, 0.6) is 5.75 Å². The Labute approximate surface area is 230 Å². The number of benzene rings is 2. The first-order chi connectivity index (χ1) is 18.6. The normalized spacial score (nSPS) is 14.9. The number of nitrogens with zero attached hydrogens (tertiary/aromatic N) is 2. The van der Waals surface area contributed by atoms with E-state index in [1.807, 2.05) is 51.1 Å². The number of carbonyl (C=O) groups is 1. The van der Waals surface area contributed by atoms with Crippen molar-refractivity contribution >= 4 is 5.78 Å². The molecule has 1 saturated heterocycles. The molecule has 7 heteroatoms. The first-order valence-corrected chi connectivity index (χ1v) is 13.7. The highest BCUT2D eigenvalue weighted by molar-refractivity contribution is 5.82. The average Bonchev–Trinajstić information content (AvgIpc) is 3.36. The summed E-state index contributed by atoms with van der Waals surface area (Å²) in [6, 6.07) is 13.9. The highest BCUT2D eigenvalue weighted by Gasteiger charge is 2.27. The van der Waals surface area contributed by atoms with Crippen LogP contribution in [0.25, 0.3) is 0 Å².